The maximum atomic E-state index is 12.2. The van der Waals surface area contributed by atoms with E-state index in [0.29, 0.717) is 12.6 Å². The van der Waals surface area contributed by atoms with E-state index >= 15 is 0 Å². The van der Waals surface area contributed by atoms with Gasteiger partial charge in [-0.15, -0.1) is 0 Å². The van der Waals surface area contributed by atoms with Gasteiger partial charge in [0, 0.05) is 49.7 Å². The minimum absolute atomic E-state index is 0.0533. The van der Waals surface area contributed by atoms with Crippen LogP contribution in [-0.4, -0.2) is 147 Å². The number of carbonyl (C=O) groups excluding carboxylic acids is 10. The highest BCUT2D eigenvalue weighted by Crippen LogP contribution is 2.14. The third kappa shape index (κ3) is 25.2. The van der Waals surface area contributed by atoms with E-state index in [-0.39, 0.29) is 99.4 Å². The van der Waals surface area contributed by atoms with Crippen molar-refractivity contribution in [3.63, 3.8) is 0 Å². The Morgan fingerprint density at radius 3 is 0.844 bits per heavy atom. The molecular weight excluding hydrogens is 855 g/mol. The van der Waals surface area contributed by atoms with Crippen LogP contribution in [0.15, 0.2) is 87.0 Å². The molecule has 0 spiro atoms. The van der Waals surface area contributed by atoms with Crippen molar-refractivity contribution in [3.8, 4) is 0 Å². The zero-order valence-corrected chi connectivity index (χ0v) is 34.9. The lowest BCUT2D eigenvalue weighted by Crippen LogP contribution is -2.15. The summed E-state index contributed by atoms with van der Waals surface area (Å²) in [6.07, 6.45) is 3.77. The number of aldehydes is 2. The Kier molecular flexibility index (Phi) is 29.9. The lowest BCUT2D eigenvalue weighted by Gasteiger charge is -2.09. The molecule has 0 amide bonds. The van der Waals surface area contributed by atoms with Gasteiger partial charge in [0.1, 0.15) is 71.6 Å². The van der Waals surface area contributed by atoms with Gasteiger partial charge in [-0.1, -0.05) is 26.3 Å². The SMILES string of the molecule is C=CC(=O)OCCOC(=O)c1cc(C=O)cc(C(=O)OCCOC(=O)C=C)c1.C=CC(=O)OCCOC(=O)c1cc(C=O)cc(C(=O)OCCOC(=O)C=C)c1.COCC(F)COC. The van der Waals surface area contributed by atoms with Crippen molar-refractivity contribution in [3.05, 3.63) is 120 Å². The van der Waals surface area contributed by atoms with Crippen molar-refractivity contribution in [2.45, 2.75) is 6.17 Å². The maximum Gasteiger partial charge on any atom is 0.338 e. The van der Waals surface area contributed by atoms with E-state index < -0.39 is 53.9 Å². The molecule has 0 saturated heterocycles. The Bertz CT molecular complexity index is 1700. The lowest BCUT2D eigenvalue weighted by molar-refractivity contribution is -0.139. The van der Waals surface area contributed by atoms with Crippen LogP contribution in [-0.2, 0) is 66.5 Å². The van der Waals surface area contributed by atoms with E-state index in [1.807, 2.05) is 0 Å². The summed E-state index contributed by atoms with van der Waals surface area (Å²) in [4.78, 5) is 114. The van der Waals surface area contributed by atoms with Gasteiger partial charge in [0.05, 0.1) is 35.5 Å². The highest BCUT2D eigenvalue weighted by molar-refractivity contribution is 5.99. The van der Waals surface area contributed by atoms with Gasteiger partial charge < -0.3 is 47.4 Å². The highest BCUT2D eigenvalue weighted by atomic mass is 19.1. The van der Waals surface area contributed by atoms with Crippen molar-refractivity contribution < 1.29 is 99.7 Å². The summed E-state index contributed by atoms with van der Waals surface area (Å²) in [5.74, 6) is -5.96. The molecule has 2 aromatic carbocycles. The molecule has 346 valence electrons. The van der Waals surface area contributed by atoms with Crippen LogP contribution in [0.4, 0.5) is 4.39 Å². The Labute approximate surface area is 366 Å². The van der Waals surface area contributed by atoms with E-state index in [1.54, 1.807) is 0 Å². The van der Waals surface area contributed by atoms with E-state index in [1.165, 1.54) is 50.6 Å². The van der Waals surface area contributed by atoms with Gasteiger partial charge in [0.2, 0.25) is 0 Å². The predicted molar refractivity (Wildman–Crippen MR) is 218 cm³/mol. The fraction of sp³-hybridized carbons (Fsp3) is 0.302. The third-order valence-corrected chi connectivity index (χ3v) is 6.73. The molecule has 0 saturated carbocycles. The number of methoxy groups -OCH3 is 2. The summed E-state index contributed by atoms with van der Waals surface area (Å²) in [6, 6.07) is 7.29. The molecule has 0 aromatic heterocycles. The second-order valence-corrected chi connectivity index (χ2v) is 11.5. The fourth-order valence-corrected chi connectivity index (χ4v) is 4.00. The van der Waals surface area contributed by atoms with Gasteiger partial charge in [-0.05, 0) is 36.4 Å². The number of halogens is 1. The molecule has 20 nitrogen and oxygen atoms in total. The Morgan fingerprint density at radius 1 is 0.438 bits per heavy atom. The fourth-order valence-electron chi connectivity index (χ4n) is 4.00. The van der Waals surface area contributed by atoms with Crippen molar-refractivity contribution in [1.29, 1.82) is 0 Å². The van der Waals surface area contributed by atoms with Crippen molar-refractivity contribution >= 4 is 60.3 Å². The Balaban J connectivity index is 0.00000106. The van der Waals surface area contributed by atoms with Gasteiger partial charge in [-0.3, -0.25) is 9.59 Å². The number of hydrogen-bond acceptors (Lipinski definition) is 20. The van der Waals surface area contributed by atoms with Crippen LogP contribution in [0.1, 0.15) is 62.1 Å². The van der Waals surface area contributed by atoms with Gasteiger partial charge in [-0.2, -0.15) is 0 Å². The number of rotatable bonds is 26. The number of ether oxygens (including phenoxy) is 10. The number of carbonyl (C=O) groups is 10. The van der Waals surface area contributed by atoms with E-state index in [4.69, 9.17) is 18.9 Å². The van der Waals surface area contributed by atoms with Crippen LogP contribution >= 0.6 is 0 Å². The molecular formula is C43H47FO20. The highest BCUT2D eigenvalue weighted by Gasteiger charge is 2.17. The molecule has 0 unspecified atom stereocenters. The Morgan fingerprint density at radius 2 is 0.656 bits per heavy atom. The first kappa shape index (κ1) is 56.4. The minimum Gasteiger partial charge on any atom is -0.459 e. The summed E-state index contributed by atoms with van der Waals surface area (Å²) in [5.41, 5.74) is -0.154. The van der Waals surface area contributed by atoms with E-state index in [9.17, 15) is 52.3 Å². The first-order chi connectivity index (χ1) is 30.6. The zero-order chi connectivity index (χ0) is 48.3. The summed E-state index contributed by atoms with van der Waals surface area (Å²) in [7, 11) is 2.92. The molecule has 0 fully saturated rings. The molecule has 0 aliphatic heterocycles. The van der Waals surface area contributed by atoms with Crippen LogP contribution in [0, 0.1) is 0 Å². The van der Waals surface area contributed by atoms with Crippen LogP contribution in [0.3, 0.4) is 0 Å². The molecule has 0 aliphatic rings. The largest absolute Gasteiger partial charge is 0.459 e. The standard InChI is InChI=1S/2C19H18O9.C5H11FO2/c2*1-3-16(21)25-5-7-27-18(23)14-9-13(12-20)10-15(11-14)19(24)28-8-6-26-17(22)4-2;1-7-3-5(6)4-8-2/h2*3-4,9-12H,1-2,5-8H2;5H,3-4H2,1-2H3. The minimum atomic E-state index is -0.981. The van der Waals surface area contributed by atoms with Crippen molar-refractivity contribution in [1.82, 2.24) is 0 Å². The summed E-state index contributed by atoms with van der Waals surface area (Å²) in [5, 5.41) is 0. The molecule has 0 N–H and O–H groups in total. The predicted octanol–water partition coefficient (Wildman–Crippen LogP) is 3.16. The van der Waals surface area contributed by atoms with Crippen molar-refractivity contribution in [2.24, 2.45) is 0 Å². The monoisotopic (exact) mass is 902 g/mol. The molecule has 21 heteroatoms. The smallest absolute Gasteiger partial charge is 0.338 e. The topological polar surface area (TPSA) is 263 Å². The number of benzene rings is 2. The average molecular weight is 903 g/mol. The van der Waals surface area contributed by atoms with Crippen LogP contribution in [0.25, 0.3) is 0 Å². The van der Waals surface area contributed by atoms with Gasteiger partial charge >= 0.3 is 47.8 Å². The second-order valence-electron chi connectivity index (χ2n) is 11.5. The normalized spacial score (nSPS) is 9.69. The molecule has 0 radical (unpaired) electrons. The molecule has 0 bridgehead atoms. The number of hydrogen-bond donors (Lipinski definition) is 0. The Hall–Kier alpha value is -7.65. The zero-order valence-electron chi connectivity index (χ0n) is 34.9. The van der Waals surface area contributed by atoms with Gasteiger partial charge in [0.15, 0.2) is 0 Å². The van der Waals surface area contributed by atoms with E-state index in [2.05, 4.69) is 54.7 Å². The third-order valence-electron chi connectivity index (χ3n) is 6.73. The molecule has 0 atom stereocenters. The summed E-state index contributed by atoms with van der Waals surface area (Å²) < 4.78 is 59.4. The summed E-state index contributed by atoms with van der Waals surface area (Å²) >= 11 is 0. The maximum absolute atomic E-state index is 12.2. The molecule has 0 aliphatic carbocycles. The molecule has 0 heterocycles. The second kappa shape index (κ2) is 34.0. The quantitative estimate of drug-likeness (QED) is 0.0431. The molecule has 64 heavy (non-hydrogen) atoms. The van der Waals surface area contributed by atoms with E-state index in [0.717, 1.165) is 24.3 Å². The van der Waals surface area contributed by atoms with Crippen LogP contribution < -0.4 is 0 Å². The first-order valence-corrected chi connectivity index (χ1v) is 18.3. The van der Waals surface area contributed by atoms with Crippen LogP contribution in [0.2, 0.25) is 0 Å². The van der Waals surface area contributed by atoms with Crippen LogP contribution in [0.5, 0.6) is 0 Å². The molecule has 2 aromatic rings. The average Bonchev–Trinajstić information content (AvgIpc) is 3.31. The lowest BCUT2D eigenvalue weighted by atomic mass is 10.1. The van der Waals surface area contributed by atoms with Crippen molar-refractivity contribution in [2.75, 3.05) is 80.3 Å². The first-order valence-electron chi connectivity index (χ1n) is 18.3. The van der Waals surface area contributed by atoms with Gasteiger partial charge in [-0.25, -0.2) is 42.7 Å². The van der Waals surface area contributed by atoms with Gasteiger partial charge in [0.25, 0.3) is 0 Å². The number of esters is 8. The molecule has 2 rings (SSSR count). The number of alkyl halides is 1. The summed E-state index contributed by atoms with van der Waals surface area (Å²) in [6.45, 7) is 11.5.